The molecule has 0 aliphatic carbocycles. The predicted octanol–water partition coefficient (Wildman–Crippen LogP) is 4.84. The molecular formula is C23H22BNO2. The average Bonchev–Trinajstić information content (AvgIpc) is 2.88. The quantitative estimate of drug-likeness (QED) is 0.362. The maximum Gasteiger partial charge on any atom is 0.496 e. The monoisotopic (exact) mass is 355 g/mol. The number of aromatic nitrogens is 1. The minimum Gasteiger partial charge on any atom is -0.399 e. The van der Waals surface area contributed by atoms with Crippen LogP contribution in [-0.2, 0) is 9.31 Å². The van der Waals surface area contributed by atoms with Gasteiger partial charge in [0, 0.05) is 17.0 Å². The van der Waals surface area contributed by atoms with E-state index >= 15 is 0 Å². The smallest absolute Gasteiger partial charge is 0.399 e. The number of benzene rings is 3. The lowest BCUT2D eigenvalue weighted by atomic mass is 9.79. The highest BCUT2D eigenvalue weighted by molar-refractivity contribution is 6.62. The second-order valence-electron chi connectivity index (χ2n) is 8.37. The van der Waals surface area contributed by atoms with E-state index in [0.29, 0.717) is 0 Å². The molecule has 4 aromatic rings. The van der Waals surface area contributed by atoms with Gasteiger partial charge in [-0.2, -0.15) is 0 Å². The highest BCUT2D eigenvalue weighted by Gasteiger charge is 2.51. The maximum absolute atomic E-state index is 6.24. The molecule has 27 heavy (non-hydrogen) atoms. The molecule has 0 atom stereocenters. The van der Waals surface area contributed by atoms with Crippen molar-refractivity contribution in [1.82, 2.24) is 4.98 Å². The molecule has 2 heterocycles. The van der Waals surface area contributed by atoms with E-state index in [-0.39, 0.29) is 11.2 Å². The van der Waals surface area contributed by atoms with Gasteiger partial charge in [0.25, 0.3) is 0 Å². The fourth-order valence-corrected chi connectivity index (χ4v) is 3.83. The van der Waals surface area contributed by atoms with E-state index in [9.17, 15) is 0 Å². The molecule has 0 N–H and O–H groups in total. The molecule has 1 aliphatic heterocycles. The molecule has 1 saturated heterocycles. The Kier molecular flexibility index (Phi) is 3.43. The van der Waals surface area contributed by atoms with Gasteiger partial charge in [-0.05, 0) is 55.3 Å². The summed E-state index contributed by atoms with van der Waals surface area (Å²) in [7, 11) is -0.405. The molecule has 3 aromatic carbocycles. The van der Waals surface area contributed by atoms with Crippen molar-refractivity contribution < 1.29 is 9.31 Å². The molecule has 0 radical (unpaired) electrons. The molecule has 5 rings (SSSR count). The van der Waals surface area contributed by atoms with Crippen LogP contribution in [0.25, 0.3) is 32.4 Å². The van der Waals surface area contributed by atoms with Crippen LogP contribution >= 0.6 is 0 Å². The van der Waals surface area contributed by atoms with E-state index in [1.165, 1.54) is 21.5 Å². The number of fused-ring (bicyclic) bond motifs is 5. The third kappa shape index (κ3) is 2.48. The Morgan fingerprint density at radius 3 is 2.22 bits per heavy atom. The molecule has 0 saturated carbocycles. The summed E-state index contributed by atoms with van der Waals surface area (Å²) < 4.78 is 12.5. The summed E-state index contributed by atoms with van der Waals surface area (Å²) in [6.07, 6.45) is 1.88. The van der Waals surface area contributed by atoms with Gasteiger partial charge in [0.2, 0.25) is 0 Å². The second kappa shape index (κ2) is 5.54. The van der Waals surface area contributed by atoms with Crippen LogP contribution in [0.5, 0.6) is 0 Å². The van der Waals surface area contributed by atoms with Crippen molar-refractivity contribution >= 4 is 45.0 Å². The van der Waals surface area contributed by atoms with Gasteiger partial charge in [-0.25, -0.2) is 0 Å². The molecule has 1 aliphatic rings. The SMILES string of the molecule is CC1(C)OB(c2cnc3ccc4ccc5ccccc5c4c3c2)OC1(C)C. The molecule has 1 fully saturated rings. The Bertz CT molecular complexity index is 1180. The number of pyridine rings is 1. The third-order valence-corrected chi connectivity index (χ3v) is 6.12. The summed E-state index contributed by atoms with van der Waals surface area (Å²) >= 11 is 0. The molecule has 1 aromatic heterocycles. The number of nitrogens with zero attached hydrogens (tertiary/aromatic N) is 1. The largest absolute Gasteiger partial charge is 0.496 e. The molecule has 4 heteroatoms. The predicted molar refractivity (Wildman–Crippen MR) is 112 cm³/mol. The first-order chi connectivity index (χ1) is 12.9. The topological polar surface area (TPSA) is 31.4 Å². The van der Waals surface area contributed by atoms with Gasteiger partial charge in [-0.1, -0.05) is 48.5 Å². The van der Waals surface area contributed by atoms with Crippen molar-refractivity contribution in [1.29, 1.82) is 0 Å². The first-order valence-electron chi connectivity index (χ1n) is 9.41. The van der Waals surface area contributed by atoms with E-state index in [0.717, 1.165) is 16.4 Å². The van der Waals surface area contributed by atoms with E-state index in [4.69, 9.17) is 14.3 Å². The van der Waals surface area contributed by atoms with Crippen molar-refractivity contribution in [3.8, 4) is 0 Å². The lowest BCUT2D eigenvalue weighted by Gasteiger charge is -2.32. The van der Waals surface area contributed by atoms with Crippen LogP contribution in [0, 0.1) is 0 Å². The zero-order valence-corrected chi connectivity index (χ0v) is 16.1. The summed E-state index contributed by atoms with van der Waals surface area (Å²) in [5.41, 5.74) is 1.22. The normalized spacial score (nSPS) is 18.6. The molecule has 0 bridgehead atoms. The maximum atomic E-state index is 6.24. The zero-order valence-electron chi connectivity index (χ0n) is 16.1. The summed E-state index contributed by atoms with van der Waals surface area (Å²) in [5, 5.41) is 6.06. The van der Waals surface area contributed by atoms with Crippen LogP contribution in [0.2, 0.25) is 0 Å². The van der Waals surface area contributed by atoms with Gasteiger partial charge in [0.05, 0.1) is 16.7 Å². The summed E-state index contributed by atoms with van der Waals surface area (Å²) in [5.74, 6) is 0. The van der Waals surface area contributed by atoms with Crippen LogP contribution in [-0.4, -0.2) is 23.3 Å². The average molecular weight is 355 g/mol. The molecule has 0 spiro atoms. The second-order valence-corrected chi connectivity index (χ2v) is 8.37. The number of rotatable bonds is 1. The highest BCUT2D eigenvalue weighted by Crippen LogP contribution is 2.37. The van der Waals surface area contributed by atoms with Crippen molar-refractivity contribution in [3.05, 3.63) is 60.8 Å². The minimum absolute atomic E-state index is 0.363. The number of hydrogen-bond acceptors (Lipinski definition) is 3. The minimum atomic E-state index is -0.405. The standard InChI is InChI=1S/C23H22BNO2/c1-22(2)23(3,4)27-24(26-22)17-13-19-20(25-14-17)12-11-16-10-9-15-7-5-6-8-18(15)21(16)19/h5-14H,1-4H3. The lowest BCUT2D eigenvalue weighted by molar-refractivity contribution is 0.00578. The fourth-order valence-electron chi connectivity index (χ4n) is 3.83. The Hall–Kier alpha value is -2.43. The van der Waals surface area contributed by atoms with Crippen molar-refractivity contribution in [2.75, 3.05) is 0 Å². The third-order valence-electron chi connectivity index (χ3n) is 6.12. The molecule has 134 valence electrons. The van der Waals surface area contributed by atoms with Crippen molar-refractivity contribution in [2.45, 2.75) is 38.9 Å². The van der Waals surface area contributed by atoms with Crippen molar-refractivity contribution in [2.24, 2.45) is 0 Å². The van der Waals surface area contributed by atoms with Gasteiger partial charge >= 0.3 is 7.12 Å². The highest BCUT2D eigenvalue weighted by atomic mass is 16.7. The van der Waals surface area contributed by atoms with Gasteiger partial charge in [-0.3, -0.25) is 4.98 Å². The molecule has 0 unspecified atom stereocenters. The first-order valence-corrected chi connectivity index (χ1v) is 9.41. The van der Waals surface area contributed by atoms with E-state index in [2.05, 4.69) is 82.3 Å². The van der Waals surface area contributed by atoms with E-state index in [1.54, 1.807) is 0 Å². The van der Waals surface area contributed by atoms with Crippen LogP contribution in [0.3, 0.4) is 0 Å². The number of hydrogen-bond donors (Lipinski definition) is 0. The lowest BCUT2D eigenvalue weighted by Crippen LogP contribution is -2.41. The molecule has 3 nitrogen and oxygen atoms in total. The Morgan fingerprint density at radius 2 is 1.44 bits per heavy atom. The van der Waals surface area contributed by atoms with E-state index in [1.807, 2.05) is 6.20 Å². The van der Waals surface area contributed by atoms with Crippen LogP contribution in [0.4, 0.5) is 0 Å². The van der Waals surface area contributed by atoms with Gasteiger partial charge in [-0.15, -0.1) is 0 Å². The van der Waals surface area contributed by atoms with Crippen molar-refractivity contribution in [3.63, 3.8) is 0 Å². The molecular weight excluding hydrogens is 333 g/mol. The van der Waals surface area contributed by atoms with Gasteiger partial charge in [0.1, 0.15) is 0 Å². The van der Waals surface area contributed by atoms with Crippen LogP contribution in [0.15, 0.2) is 60.8 Å². The Balaban J connectivity index is 1.76. The van der Waals surface area contributed by atoms with Gasteiger partial charge in [0.15, 0.2) is 0 Å². The summed E-state index contributed by atoms with van der Waals surface area (Å²) in [6, 6.07) is 19.3. The van der Waals surface area contributed by atoms with Gasteiger partial charge < -0.3 is 9.31 Å². The van der Waals surface area contributed by atoms with Crippen LogP contribution < -0.4 is 5.46 Å². The summed E-state index contributed by atoms with van der Waals surface area (Å²) in [6.45, 7) is 8.30. The van der Waals surface area contributed by atoms with E-state index < -0.39 is 7.12 Å². The Morgan fingerprint density at radius 1 is 0.778 bits per heavy atom. The fraction of sp³-hybridized carbons (Fsp3) is 0.261. The first kappa shape index (κ1) is 16.7. The van der Waals surface area contributed by atoms with Crippen LogP contribution in [0.1, 0.15) is 27.7 Å². The summed E-state index contributed by atoms with van der Waals surface area (Å²) in [4.78, 5) is 4.72. The Labute approximate surface area is 159 Å². The zero-order chi connectivity index (χ0) is 18.8. The molecule has 0 amide bonds.